The first kappa shape index (κ1) is 15.2. The van der Waals surface area contributed by atoms with E-state index in [0.717, 1.165) is 25.9 Å². The Morgan fingerprint density at radius 1 is 1.48 bits per heavy atom. The SMILES string of the molecule is COC(=O)c1cccnc1NC1CCN(CC(N)=O)CC1. The number of aromatic nitrogens is 1. The van der Waals surface area contributed by atoms with Gasteiger partial charge in [0.05, 0.1) is 13.7 Å². The third kappa shape index (κ3) is 4.16. The lowest BCUT2D eigenvalue weighted by molar-refractivity contribution is -0.119. The average Bonchev–Trinajstić information content (AvgIpc) is 2.48. The number of nitrogens with zero attached hydrogens (tertiary/aromatic N) is 2. The molecule has 1 saturated heterocycles. The van der Waals surface area contributed by atoms with E-state index in [-0.39, 0.29) is 11.9 Å². The molecule has 1 aliphatic heterocycles. The van der Waals surface area contributed by atoms with Crippen LogP contribution in [0, 0.1) is 0 Å². The summed E-state index contributed by atoms with van der Waals surface area (Å²) in [6.45, 7) is 1.88. The molecule has 1 fully saturated rings. The highest BCUT2D eigenvalue weighted by Gasteiger charge is 2.22. The highest BCUT2D eigenvalue weighted by Crippen LogP contribution is 2.18. The monoisotopic (exact) mass is 292 g/mol. The summed E-state index contributed by atoms with van der Waals surface area (Å²) in [6, 6.07) is 3.60. The van der Waals surface area contributed by atoms with E-state index in [0.29, 0.717) is 17.9 Å². The Morgan fingerprint density at radius 3 is 2.81 bits per heavy atom. The Hall–Kier alpha value is -2.15. The van der Waals surface area contributed by atoms with Gasteiger partial charge < -0.3 is 15.8 Å². The van der Waals surface area contributed by atoms with Crippen molar-refractivity contribution < 1.29 is 14.3 Å². The summed E-state index contributed by atoms with van der Waals surface area (Å²) in [5.41, 5.74) is 5.62. The number of anilines is 1. The number of primary amides is 1. The summed E-state index contributed by atoms with van der Waals surface area (Å²) < 4.78 is 4.75. The number of pyridine rings is 1. The molecule has 0 atom stereocenters. The van der Waals surface area contributed by atoms with Crippen LogP contribution in [0.15, 0.2) is 18.3 Å². The Kier molecular flexibility index (Phi) is 5.10. The van der Waals surface area contributed by atoms with Gasteiger partial charge in [-0.3, -0.25) is 9.69 Å². The summed E-state index contributed by atoms with van der Waals surface area (Å²) in [4.78, 5) is 28.8. The Labute approximate surface area is 123 Å². The van der Waals surface area contributed by atoms with Gasteiger partial charge in [0.2, 0.25) is 5.91 Å². The molecule has 114 valence electrons. The van der Waals surface area contributed by atoms with E-state index < -0.39 is 5.97 Å². The highest BCUT2D eigenvalue weighted by molar-refractivity contribution is 5.94. The summed E-state index contributed by atoms with van der Waals surface area (Å²) in [7, 11) is 1.35. The number of methoxy groups -OCH3 is 1. The van der Waals surface area contributed by atoms with Crippen LogP contribution in [0.5, 0.6) is 0 Å². The van der Waals surface area contributed by atoms with Gasteiger partial charge in [0.25, 0.3) is 0 Å². The number of rotatable bonds is 5. The quantitative estimate of drug-likeness (QED) is 0.754. The molecule has 0 aromatic carbocycles. The van der Waals surface area contributed by atoms with E-state index in [1.165, 1.54) is 7.11 Å². The second-order valence-electron chi connectivity index (χ2n) is 5.05. The molecular weight excluding hydrogens is 272 g/mol. The number of carbonyl (C=O) groups excluding carboxylic acids is 2. The second-order valence-corrected chi connectivity index (χ2v) is 5.05. The highest BCUT2D eigenvalue weighted by atomic mass is 16.5. The number of esters is 1. The van der Waals surface area contributed by atoms with Crippen molar-refractivity contribution in [1.29, 1.82) is 0 Å². The maximum atomic E-state index is 11.7. The Morgan fingerprint density at radius 2 is 2.19 bits per heavy atom. The van der Waals surface area contributed by atoms with Crippen molar-refractivity contribution in [2.24, 2.45) is 5.73 Å². The number of piperidine rings is 1. The van der Waals surface area contributed by atoms with Gasteiger partial charge in [-0.1, -0.05) is 0 Å². The zero-order valence-corrected chi connectivity index (χ0v) is 12.0. The first-order chi connectivity index (χ1) is 10.1. The molecule has 3 N–H and O–H groups in total. The molecule has 0 radical (unpaired) electrons. The number of hydrogen-bond acceptors (Lipinski definition) is 6. The summed E-state index contributed by atoms with van der Waals surface area (Å²) in [5.74, 6) is -0.173. The maximum absolute atomic E-state index is 11.7. The van der Waals surface area contributed by atoms with Gasteiger partial charge in [-0.05, 0) is 25.0 Å². The summed E-state index contributed by atoms with van der Waals surface area (Å²) in [5, 5.41) is 3.28. The zero-order chi connectivity index (χ0) is 15.2. The van der Waals surface area contributed by atoms with Crippen LogP contribution in [0.1, 0.15) is 23.2 Å². The fourth-order valence-corrected chi connectivity index (χ4v) is 2.44. The van der Waals surface area contributed by atoms with Crippen molar-refractivity contribution in [1.82, 2.24) is 9.88 Å². The predicted octanol–water partition coefficient (Wildman–Crippen LogP) is 0.230. The van der Waals surface area contributed by atoms with Crippen molar-refractivity contribution in [3.8, 4) is 0 Å². The van der Waals surface area contributed by atoms with Crippen LogP contribution in [0.2, 0.25) is 0 Å². The minimum atomic E-state index is -0.406. The van der Waals surface area contributed by atoms with Crippen LogP contribution >= 0.6 is 0 Å². The molecule has 0 aliphatic carbocycles. The average molecular weight is 292 g/mol. The number of hydrogen-bond donors (Lipinski definition) is 2. The molecule has 1 aromatic heterocycles. The normalized spacial score (nSPS) is 16.4. The fraction of sp³-hybridized carbons (Fsp3) is 0.500. The first-order valence-electron chi connectivity index (χ1n) is 6.90. The lowest BCUT2D eigenvalue weighted by Crippen LogP contribution is -2.43. The molecule has 0 unspecified atom stereocenters. The van der Waals surface area contributed by atoms with E-state index >= 15 is 0 Å². The molecule has 2 heterocycles. The number of nitrogens with two attached hydrogens (primary N) is 1. The number of nitrogens with one attached hydrogen (secondary N) is 1. The minimum absolute atomic E-state index is 0.215. The van der Waals surface area contributed by atoms with Crippen molar-refractivity contribution in [2.45, 2.75) is 18.9 Å². The summed E-state index contributed by atoms with van der Waals surface area (Å²) in [6.07, 6.45) is 3.37. The van der Waals surface area contributed by atoms with E-state index in [4.69, 9.17) is 10.5 Å². The molecule has 7 nitrogen and oxygen atoms in total. The number of carbonyl (C=O) groups is 2. The van der Waals surface area contributed by atoms with Crippen LogP contribution in [-0.4, -0.2) is 54.5 Å². The topological polar surface area (TPSA) is 97.6 Å². The van der Waals surface area contributed by atoms with Crippen LogP contribution in [-0.2, 0) is 9.53 Å². The number of amides is 1. The van der Waals surface area contributed by atoms with Crippen molar-refractivity contribution in [2.75, 3.05) is 32.1 Å². The molecular formula is C14H20N4O3. The van der Waals surface area contributed by atoms with E-state index in [2.05, 4.69) is 10.3 Å². The molecule has 0 spiro atoms. The lowest BCUT2D eigenvalue weighted by Gasteiger charge is -2.31. The van der Waals surface area contributed by atoms with Gasteiger partial charge in [0.1, 0.15) is 11.4 Å². The van der Waals surface area contributed by atoms with E-state index in [1.807, 2.05) is 4.90 Å². The van der Waals surface area contributed by atoms with E-state index in [1.54, 1.807) is 18.3 Å². The number of likely N-dealkylation sites (tertiary alicyclic amines) is 1. The Balaban J connectivity index is 1.95. The fourth-order valence-electron chi connectivity index (χ4n) is 2.44. The van der Waals surface area contributed by atoms with Crippen LogP contribution in [0.4, 0.5) is 5.82 Å². The smallest absolute Gasteiger partial charge is 0.341 e. The van der Waals surface area contributed by atoms with Crippen LogP contribution in [0.25, 0.3) is 0 Å². The molecule has 0 bridgehead atoms. The molecule has 1 aromatic rings. The maximum Gasteiger partial charge on any atom is 0.341 e. The van der Waals surface area contributed by atoms with Crippen LogP contribution < -0.4 is 11.1 Å². The van der Waals surface area contributed by atoms with Crippen molar-refractivity contribution in [3.05, 3.63) is 23.9 Å². The van der Waals surface area contributed by atoms with Gasteiger partial charge in [-0.2, -0.15) is 0 Å². The summed E-state index contributed by atoms with van der Waals surface area (Å²) >= 11 is 0. The molecule has 1 amide bonds. The van der Waals surface area contributed by atoms with Crippen molar-refractivity contribution in [3.63, 3.8) is 0 Å². The molecule has 0 saturated carbocycles. The minimum Gasteiger partial charge on any atom is -0.465 e. The second kappa shape index (κ2) is 7.03. The first-order valence-corrected chi connectivity index (χ1v) is 6.90. The molecule has 1 aliphatic rings. The van der Waals surface area contributed by atoms with Crippen molar-refractivity contribution >= 4 is 17.7 Å². The van der Waals surface area contributed by atoms with Gasteiger partial charge >= 0.3 is 5.97 Å². The molecule has 21 heavy (non-hydrogen) atoms. The van der Waals surface area contributed by atoms with Gasteiger partial charge in [0.15, 0.2) is 0 Å². The van der Waals surface area contributed by atoms with Gasteiger partial charge in [-0.25, -0.2) is 9.78 Å². The van der Waals surface area contributed by atoms with E-state index in [9.17, 15) is 9.59 Å². The van der Waals surface area contributed by atoms with Crippen LogP contribution in [0.3, 0.4) is 0 Å². The lowest BCUT2D eigenvalue weighted by atomic mass is 10.0. The molecule has 2 rings (SSSR count). The third-order valence-corrected chi connectivity index (χ3v) is 3.52. The molecule has 7 heteroatoms. The Bertz CT molecular complexity index is 513. The standard InChI is InChI=1S/C14H20N4O3/c1-21-14(20)11-3-2-6-16-13(11)17-10-4-7-18(8-5-10)9-12(15)19/h2-3,6,10H,4-5,7-9H2,1H3,(H2,15,19)(H,16,17). The zero-order valence-electron chi connectivity index (χ0n) is 12.0. The van der Waals surface area contributed by atoms with Gasteiger partial charge in [0, 0.05) is 25.3 Å². The van der Waals surface area contributed by atoms with Gasteiger partial charge in [-0.15, -0.1) is 0 Å². The predicted molar refractivity (Wildman–Crippen MR) is 77.9 cm³/mol. The number of ether oxygens (including phenoxy) is 1. The third-order valence-electron chi connectivity index (χ3n) is 3.52. The largest absolute Gasteiger partial charge is 0.465 e.